The number of carboxylic acid groups (broad SMARTS) is 1. The maximum absolute atomic E-state index is 11.3. The highest BCUT2D eigenvalue weighted by Gasteiger charge is 2.23. The number of hydrogen-bond donors (Lipinski definition) is 1. The number of nitrogens with zero attached hydrogens (tertiary/aromatic N) is 1. The number of aryl methyl sites for hydroxylation is 1. The van der Waals surface area contributed by atoms with Gasteiger partial charge >= 0.3 is 5.97 Å². The first-order chi connectivity index (χ1) is 9.45. The fourth-order valence-electron chi connectivity index (χ4n) is 2.06. The van der Waals surface area contributed by atoms with Crippen molar-refractivity contribution in [2.24, 2.45) is 0 Å². The summed E-state index contributed by atoms with van der Waals surface area (Å²) in [5.41, 5.74) is 2.12. The second-order valence-electron chi connectivity index (χ2n) is 4.89. The lowest BCUT2D eigenvalue weighted by Gasteiger charge is -2.11. The standard InChI is InChI=1S/C15H17NO4/c1-8(2)10-5-6-11(12(7-10)19-4)14-13(15(17)18)9(3)16-20-14/h5-8H,1-4H3,(H,17,18). The van der Waals surface area contributed by atoms with Crippen LogP contribution in [0.3, 0.4) is 0 Å². The third-order valence-electron chi connectivity index (χ3n) is 3.21. The highest BCUT2D eigenvalue weighted by molar-refractivity contribution is 5.96. The van der Waals surface area contributed by atoms with Crippen LogP contribution >= 0.6 is 0 Å². The first kappa shape index (κ1) is 14.1. The molecule has 0 aliphatic heterocycles. The lowest BCUT2D eigenvalue weighted by atomic mass is 9.98. The van der Waals surface area contributed by atoms with Gasteiger partial charge in [0.15, 0.2) is 5.76 Å². The summed E-state index contributed by atoms with van der Waals surface area (Å²) in [6, 6.07) is 5.63. The van der Waals surface area contributed by atoms with Crippen LogP contribution in [0.4, 0.5) is 0 Å². The van der Waals surface area contributed by atoms with E-state index in [1.807, 2.05) is 12.1 Å². The Morgan fingerprint density at radius 3 is 2.65 bits per heavy atom. The molecule has 0 spiro atoms. The average Bonchev–Trinajstić information content (AvgIpc) is 2.79. The molecule has 1 heterocycles. The number of rotatable bonds is 4. The number of ether oxygens (including phenoxy) is 1. The molecule has 0 aliphatic rings. The van der Waals surface area contributed by atoms with Gasteiger partial charge in [-0.2, -0.15) is 0 Å². The van der Waals surface area contributed by atoms with Crippen molar-refractivity contribution in [1.82, 2.24) is 5.16 Å². The van der Waals surface area contributed by atoms with Gasteiger partial charge in [-0.25, -0.2) is 4.79 Å². The van der Waals surface area contributed by atoms with E-state index in [1.54, 1.807) is 20.1 Å². The van der Waals surface area contributed by atoms with E-state index >= 15 is 0 Å². The van der Waals surface area contributed by atoms with Crippen LogP contribution in [-0.4, -0.2) is 23.3 Å². The van der Waals surface area contributed by atoms with Gasteiger partial charge in [0.1, 0.15) is 11.3 Å². The van der Waals surface area contributed by atoms with Crippen molar-refractivity contribution < 1.29 is 19.2 Å². The van der Waals surface area contributed by atoms with Crippen molar-refractivity contribution in [2.75, 3.05) is 7.11 Å². The fraction of sp³-hybridized carbons (Fsp3) is 0.333. The van der Waals surface area contributed by atoms with Crippen molar-refractivity contribution in [3.63, 3.8) is 0 Å². The number of benzene rings is 1. The Kier molecular flexibility index (Phi) is 3.79. The van der Waals surface area contributed by atoms with Gasteiger partial charge in [-0.1, -0.05) is 25.1 Å². The van der Waals surface area contributed by atoms with Gasteiger partial charge in [0, 0.05) is 0 Å². The van der Waals surface area contributed by atoms with Crippen LogP contribution in [0.25, 0.3) is 11.3 Å². The smallest absolute Gasteiger partial charge is 0.341 e. The summed E-state index contributed by atoms with van der Waals surface area (Å²) in [7, 11) is 1.55. The zero-order chi connectivity index (χ0) is 14.9. The van der Waals surface area contributed by atoms with E-state index in [0.717, 1.165) is 5.56 Å². The minimum Gasteiger partial charge on any atom is -0.496 e. The van der Waals surface area contributed by atoms with E-state index in [9.17, 15) is 9.90 Å². The Morgan fingerprint density at radius 1 is 1.40 bits per heavy atom. The molecular formula is C15H17NO4. The van der Waals surface area contributed by atoms with Gasteiger partial charge in [-0.15, -0.1) is 0 Å². The minimum absolute atomic E-state index is 0.0700. The molecule has 2 rings (SSSR count). The van der Waals surface area contributed by atoms with Crippen LogP contribution in [0.1, 0.15) is 41.4 Å². The van der Waals surface area contributed by atoms with Crippen LogP contribution in [0.15, 0.2) is 22.7 Å². The fourth-order valence-corrected chi connectivity index (χ4v) is 2.06. The molecule has 1 aromatic heterocycles. The quantitative estimate of drug-likeness (QED) is 0.924. The van der Waals surface area contributed by atoms with Crippen molar-refractivity contribution >= 4 is 5.97 Å². The van der Waals surface area contributed by atoms with Crippen LogP contribution < -0.4 is 4.74 Å². The van der Waals surface area contributed by atoms with Crippen LogP contribution in [0, 0.1) is 6.92 Å². The molecule has 5 nitrogen and oxygen atoms in total. The molecule has 0 fully saturated rings. The Balaban J connectivity index is 2.61. The Hall–Kier alpha value is -2.30. The van der Waals surface area contributed by atoms with Crippen molar-refractivity contribution in [2.45, 2.75) is 26.7 Å². The average molecular weight is 275 g/mol. The Morgan fingerprint density at radius 2 is 2.10 bits per heavy atom. The maximum Gasteiger partial charge on any atom is 0.341 e. The zero-order valence-electron chi connectivity index (χ0n) is 11.9. The van der Waals surface area contributed by atoms with Crippen molar-refractivity contribution in [3.8, 4) is 17.1 Å². The predicted octanol–water partition coefficient (Wildman–Crippen LogP) is 3.48. The Labute approximate surface area is 117 Å². The molecule has 106 valence electrons. The van der Waals surface area contributed by atoms with Crippen LogP contribution in [0.5, 0.6) is 5.75 Å². The first-order valence-electron chi connectivity index (χ1n) is 6.33. The highest BCUT2D eigenvalue weighted by atomic mass is 16.5. The van der Waals surface area contributed by atoms with E-state index in [1.165, 1.54) is 0 Å². The lowest BCUT2D eigenvalue weighted by Crippen LogP contribution is -2.00. The monoisotopic (exact) mass is 275 g/mol. The molecule has 0 saturated carbocycles. The Bertz CT molecular complexity index is 643. The molecule has 0 atom stereocenters. The van der Waals surface area contributed by atoms with Crippen molar-refractivity contribution in [1.29, 1.82) is 0 Å². The molecule has 20 heavy (non-hydrogen) atoms. The molecule has 1 aromatic carbocycles. The number of aromatic carboxylic acids is 1. The third kappa shape index (κ3) is 2.39. The third-order valence-corrected chi connectivity index (χ3v) is 3.21. The first-order valence-corrected chi connectivity index (χ1v) is 6.33. The van der Waals surface area contributed by atoms with Gasteiger partial charge in [-0.05, 0) is 30.5 Å². The van der Waals surface area contributed by atoms with E-state index < -0.39 is 5.97 Å². The molecule has 0 aliphatic carbocycles. The molecule has 2 aromatic rings. The number of carbonyl (C=O) groups is 1. The molecule has 0 radical (unpaired) electrons. The SMILES string of the molecule is COc1cc(C(C)C)ccc1-c1onc(C)c1C(=O)O. The van der Waals surface area contributed by atoms with Gasteiger partial charge < -0.3 is 14.4 Å². The molecule has 0 bridgehead atoms. The van der Waals surface area contributed by atoms with Gasteiger partial charge in [0.05, 0.1) is 18.4 Å². The highest BCUT2D eigenvalue weighted by Crippen LogP contribution is 2.35. The van der Waals surface area contributed by atoms with E-state index in [4.69, 9.17) is 9.26 Å². The van der Waals surface area contributed by atoms with E-state index in [0.29, 0.717) is 22.9 Å². The topological polar surface area (TPSA) is 72.6 Å². The normalized spacial score (nSPS) is 10.8. The zero-order valence-corrected chi connectivity index (χ0v) is 11.9. The summed E-state index contributed by atoms with van der Waals surface area (Å²) in [5.74, 6) is 0.0964. The molecule has 0 saturated heterocycles. The summed E-state index contributed by atoms with van der Waals surface area (Å²) in [6.07, 6.45) is 0. The summed E-state index contributed by atoms with van der Waals surface area (Å²) in [4.78, 5) is 11.3. The molecule has 0 amide bonds. The molecule has 0 unspecified atom stereocenters. The summed E-state index contributed by atoms with van der Waals surface area (Å²) in [5, 5.41) is 13.0. The second kappa shape index (κ2) is 5.36. The molecule has 1 N–H and O–H groups in total. The second-order valence-corrected chi connectivity index (χ2v) is 4.89. The summed E-state index contributed by atoms with van der Waals surface area (Å²) >= 11 is 0. The van der Waals surface area contributed by atoms with Gasteiger partial charge in [0.2, 0.25) is 0 Å². The summed E-state index contributed by atoms with van der Waals surface area (Å²) < 4.78 is 10.5. The van der Waals surface area contributed by atoms with E-state index in [-0.39, 0.29) is 11.3 Å². The van der Waals surface area contributed by atoms with Crippen LogP contribution in [-0.2, 0) is 0 Å². The predicted molar refractivity (Wildman–Crippen MR) is 74.3 cm³/mol. The minimum atomic E-state index is -1.06. The van der Waals surface area contributed by atoms with Crippen LogP contribution in [0.2, 0.25) is 0 Å². The number of methoxy groups -OCH3 is 1. The van der Waals surface area contributed by atoms with E-state index in [2.05, 4.69) is 19.0 Å². The van der Waals surface area contributed by atoms with Gasteiger partial charge in [0.25, 0.3) is 0 Å². The molecule has 5 heteroatoms. The number of hydrogen-bond acceptors (Lipinski definition) is 4. The number of aromatic nitrogens is 1. The molecular weight excluding hydrogens is 258 g/mol. The number of carboxylic acids is 1. The lowest BCUT2D eigenvalue weighted by molar-refractivity contribution is 0.0696. The maximum atomic E-state index is 11.3. The largest absolute Gasteiger partial charge is 0.496 e. The van der Waals surface area contributed by atoms with Gasteiger partial charge in [-0.3, -0.25) is 0 Å². The summed E-state index contributed by atoms with van der Waals surface area (Å²) in [6.45, 7) is 5.76. The van der Waals surface area contributed by atoms with Crippen molar-refractivity contribution in [3.05, 3.63) is 35.0 Å².